The van der Waals surface area contributed by atoms with E-state index in [1.807, 2.05) is 0 Å². The van der Waals surface area contributed by atoms with Crippen LogP contribution in [0.4, 0.5) is 10.1 Å². The van der Waals surface area contributed by atoms with Gasteiger partial charge in [-0.2, -0.15) is 5.26 Å². The van der Waals surface area contributed by atoms with Gasteiger partial charge in [-0.15, -0.1) is 11.3 Å². The number of hydrogen-bond acceptors (Lipinski definition) is 5. The monoisotopic (exact) mass is 290 g/mol. The summed E-state index contributed by atoms with van der Waals surface area (Å²) >= 11 is 1.30. The maximum Gasteiger partial charge on any atom is 0.275 e. The quantitative estimate of drug-likeness (QED) is 0.908. The van der Waals surface area contributed by atoms with E-state index in [0.29, 0.717) is 10.7 Å². The topological polar surface area (TPSA) is 91.8 Å². The van der Waals surface area contributed by atoms with Gasteiger partial charge in [0.05, 0.1) is 11.6 Å². The minimum Gasteiger partial charge on any atom is -0.322 e. The zero-order chi connectivity index (χ0) is 14.7. The third kappa shape index (κ3) is 2.99. The zero-order valence-electron chi connectivity index (χ0n) is 10.6. The van der Waals surface area contributed by atoms with Crippen molar-refractivity contribution in [3.8, 4) is 6.07 Å². The Morgan fingerprint density at radius 3 is 2.95 bits per heavy atom. The first-order chi connectivity index (χ1) is 9.51. The smallest absolute Gasteiger partial charge is 0.275 e. The third-order valence-electron chi connectivity index (χ3n) is 2.49. The third-order valence-corrected chi connectivity index (χ3v) is 3.53. The van der Waals surface area contributed by atoms with E-state index in [1.165, 1.54) is 23.5 Å². The summed E-state index contributed by atoms with van der Waals surface area (Å²) in [4.78, 5) is 16.1. The van der Waals surface area contributed by atoms with Crippen molar-refractivity contribution in [3.05, 3.63) is 45.7 Å². The van der Waals surface area contributed by atoms with Crippen molar-refractivity contribution in [3.63, 3.8) is 0 Å². The van der Waals surface area contributed by atoms with Crippen LogP contribution in [-0.2, 0) is 0 Å². The zero-order valence-corrected chi connectivity index (χ0v) is 11.4. The number of thiazole rings is 1. The molecule has 102 valence electrons. The SMILES string of the molecule is CC(N)c1nc(C(=O)Nc2ccc(F)c(C#N)c2)cs1. The number of nitrogens with one attached hydrogen (secondary N) is 1. The molecule has 0 aliphatic rings. The standard InChI is InChI=1S/C13H11FN4OS/c1-7(16)13-18-11(6-20-13)12(19)17-9-2-3-10(14)8(4-9)5-15/h2-4,6-7H,16H2,1H3,(H,17,19). The minimum absolute atomic E-state index is 0.127. The highest BCUT2D eigenvalue weighted by molar-refractivity contribution is 7.09. The lowest BCUT2D eigenvalue weighted by atomic mass is 10.2. The number of hydrogen-bond donors (Lipinski definition) is 2. The molecule has 0 radical (unpaired) electrons. The summed E-state index contributed by atoms with van der Waals surface area (Å²) in [5.74, 6) is -1.05. The Morgan fingerprint density at radius 1 is 1.60 bits per heavy atom. The molecule has 0 saturated carbocycles. The molecular weight excluding hydrogens is 279 g/mol. The van der Waals surface area contributed by atoms with Crippen LogP contribution >= 0.6 is 11.3 Å². The van der Waals surface area contributed by atoms with Crippen LogP contribution < -0.4 is 11.1 Å². The van der Waals surface area contributed by atoms with Gasteiger partial charge in [-0.3, -0.25) is 4.79 Å². The van der Waals surface area contributed by atoms with Crippen LogP contribution in [0.5, 0.6) is 0 Å². The Bertz CT molecular complexity index is 690. The lowest BCUT2D eigenvalue weighted by Crippen LogP contribution is -2.13. The van der Waals surface area contributed by atoms with Crippen molar-refractivity contribution in [2.24, 2.45) is 5.73 Å². The lowest BCUT2D eigenvalue weighted by molar-refractivity contribution is 0.102. The average Bonchev–Trinajstić information content (AvgIpc) is 2.91. The van der Waals surface area contributed by atoms with Crippen molar-refractivity contribution >= 4 is 22.9 Å². The predicted molar refractivity (Wildman–Crippen MR) is 73.8 cm³/mol. The maximum atomic E-state index is 13.2. The van der Waals surface area contributed by atoms with Crippen molar-refractivity contribution in [1.29, 1.82) is 5.26 Å². The molecule has 0 spiro atoms. The fourth-order valence-electron chi connectivity index (χ4n) is 1.48. The van der Waals surface area contributed by atoms with E-state index in [1.54, 1.807) is 18.4 Å². The van der Waals surface area contributed by atoms with Crippen molar-refractivity contribution in [2.75, 3.05) is 5.32 Å². The summed E-state index contributed by atoms with van der Waals surface area (Å²) in [5.41, 5.74) is 6.12. The molecule has 20 heavy (non-hydrogen) atoms. The number of nitrogens with two attached hydrogens (primary N) is 1. The number of rotatable bonds is 3. The van der Waals surface area contributed by atoms with Crippen LogP contribution in [0, 0.1) is 17.1 Å². The highest BCUT2D eigenvalue weighted by Gasteiger charge is 2.13. The van der Waals surface area contributed by atoms with Gasteiger partial charge in [0, 0.05) is 11.1 Å². The van der Waals surface area contributed by atoms with Gasteiger partial charge in [0.25, 0.3) is 5.91 Å². The number of carbonyl (C=O) groups is 1. The first-order valence-electron chi connectivity index (χ1n) is 5.73. The van der Waals surface area contributed by atoms with Crippen LogP contribution in [0.2, 0.25) is 0 Å². The number of aromatic nitrogens is 1. The summed E-state index contributed by atoms with van der Waals surface area (Å²) in [6.07, 6.45) is 0. The van der Waals surface area contributed by atoms with Crippen LogP contribution in [0.25, 0.3) is 0 Å². The van der Waals surface area contributed by atoms with Crippen LogP contribution in [0.3, 0.4) is 0 Å². The van der Waals surface area contributed by atoms with Gasteiger partial charge >= 0.3 is 0 Å². The number of halogens is 1. The van der Waals surface area contributed by atoms with E-state index in [9.17, 15) is 9.18 Å². The number of nitrogens with zero attached hydrogens (tertiary/aromatic N) is 2. The van der Waals surface area contributed by atoms with Crippen molar-refractivity contribution in [1.82, 2.24) is 4.98 Å². The molecule has 5 nitrogen and oxygen atoms in total. The molecule has 1 amide bonds. The summed E-state index contributed by atoms with van der Waals surface area (Å²) in [6, 6.07) is 5.25. The van der Waals surface area contributed by atoms with E-state index in [-0.39, 0.29) is 17.3 Å². The fraction of sp³-hybridized carbons (Fsp3) is 0.154. The summed E-state index contributed by atoms with van der Waals surface area (Å²) in [6.45, 7) is 1.78. The molecule has 0 fully saturated rings. The summed E-state index contributed by atoms with van der Waals surface area (Å²) in [7, 11) is 0. The van der Waals surface area contributed by atoms with Crippen LogP contribution in [0.15, 0.2) is 23.6 Å². The van der Waals surface area contributed by atoms with Crippen LogP contribution in [-0.4, -0.2) is 10.9 Å². The first kappa shape index (κ1) is 14.1. The van der Waals surface area contributed by atoms with Crippen molar-refractivity contribution in [2.45, 2.75) is 13.0 Å². The molecule has 0 bridgehead atoms. The van der Waals surface area contributed by atoms with Gasteiger partial charge in [-0.1, -0.05) is 0 Å². The second kappa shape index (κ2) is 5.77. The molecule has 0 aliphatic carbocycles. The molecular formula is C13H11FN4OS. The summed E-state index contributed by atoms with van der Waals surface area (Å²) < 4.78 is 13.2. The second-order valence-corrected chi connectivity index (χ2v) is 5.01. The minimum atomic E-state index is -0.626. The predicted octanol–water partition coefficient (Wildman–Crippen LogP) is 2.43. The molecule has 2 aromatic rings. The molecule has 1 heterocycles. The van der Waals surface area contributed by atoms with Crippen molar-refractivity contribution < 1.29 is 9.18 Å². The van der Waals surface area contributed by atoms with Gasteiger partial charge in [-0.25, -0.2) is 9.37 Å². The number of carbonyl (C=O) groups excluding carboxylic acids is 1. The Hall–Kier alpha value is -2.30. The van der Waals surface area contributed by atoms with E-state index in [2.05, 4.69) is 10.3 Å². The second-order valence-electron chi connectivity index (χ2n) is 4.12. The Kier molecular flexibility index (Phi) is 4.08. The molecule has 7 heteroatoms. The molecule has 1 unspecified atom stereocenters. The largest absolute Gasteiger partial charge is 0.322 e. The van der Waals surface area contributed by atoms with E-state index in [4.69, 9.17) is 11.0 Å². The van der Waals surface area contributed by atoms with E-state index >= 15 is 0 Å². The molecule has 0 aliphatic heterocycles. The van der Waals surface area contributed by atoms with Crippen LogP contribution in [0.1, 0.15) is 34.0 Å². The van der Waals surface area contributed by atoms with Gasteiger partial charge in [0.15, 0.2) is 0 Å². The Balaban J connectivity index is 2.17. The maximum absolute atomic E-state index is 13.2. The van der Waals surface area contributed by atoms with Gasteiger partial charge in [0.2, 0.25) is 0 Å². The van der Waals surface area contributed by atoms with Gasteiger partial charge in [-0.05, 0) is 25.1 Å². The molecule has 1 aromatic heterocycles. The highest BCUT2D eigenvalue weighted by Crippen LogP contribution is 2.18. The number of nitriles is 1. The van der Waals surface area contributed by atoms with E-state index in [0.717, 1.165) is 6.07 Å². The number of benzene rings is 1. The average molecular weight is 290 g/mol. The van der Waals surface area contributed by atoms with Gasteiger partial charge in [0.1, 0.15) is 22.6 Å². The summed E-state index contributed by atoms with van der Waals surface area (Å²) in [5, 5.41) is 13.5. The fourth-order valence-corrected chi connectivity index (χ4v) is 2.24. The number of anilines is 1. The molecule has 1 aromatic carbocycles. The molecule has 3 N–H and O–H groups in total. The first-order valence-corrected chi connectivity index (χ1v) is 6.61. The van der Waals surface area contributed by atoms with Gasteiger partial charge < -0.3 is 11.1 Å². The normalized spacial score (nSPS) is 11.7. The number of amides is 1. The molecule has 1 atom stereocenters. The highest BCUT2D eigenvalue weighted by atomic mass is 32.1. The lowest BCUT2D eigenvalue weighted by Gasteiger charge is -2.04. The molecule has 2 rings (SSSR count). The Labute approximate surface area is 118 Å². The Morgan fingerprint density at radius 2 is 2.35 bits per heavy atom. The van der Waals surface area contributed by atoms with E-state index < -0.39 is 11.7 Å². The molecule has 0 saturated heterocycles.